The van der Waals surface area contributed by atoms with Gasteiger partial charge in [0.2, 0.25) is 0 Å². The lowest BCUT2D eigenvalue weighted by molar-refractivity contribution is -0.588. The summed E-state index contributed by atoms with van der Waals surface area (Å²) in [5.41, 5.74) is 3.63. The Morgan fingerprint density at radius 1 is 0.850 bits per heavy atom. The third kappa shape index (κ3) is 1.16. The summed E-state index contributed by atoms with van der Waals surface area (Å²) in [5, 5.41) is 4.67. The molecule has 0 N–H and O–H groups in total. The lowest BCUT2D eigenvalue weighted by Gasteiger charge is -2.07. The molecule has 3 heterocycles. The minimum absolute atomic E-state index is 1.19. The lowest BCUT2D eigenvalue weighted by atomic mass is 10.1. The summed E-state index contributed by atoms with van der Waals surface area (Å²) in [6, 6.07) is 19.2. The maximum Gasteiger partial charge on any atom is 0.166 e. The summed E-state index contributed by atoms with van der Waals surface area (Å²) in [6.07, 6.45) is 3.49. The molecule has 2 nitrogen and oxygen atoms in total. The molecule has 20 heavy (non-hydrogen) atoms. The maximum atomic E-state index is 3.49. The number of hydrogen-bond acceptors (Lipinski definition) is 1. The van der Waals surface area contributed by atoms with Crippen LogP contribution in [0.4, 0.5) is 0 Å². The number of aromatic nitrogens is 2. The van der Waals surface area contributed by atoms with Crippen molar-refractivity contribution in [3.05, 3.63) is 66.2 Å². The van der Waals surface area contributed by atoms with Gasteiger partial charge >= 0.3 is 0 Å². The Morgan fingerprint density at radius 3 is 2.60 bits per heavy atom. The molecule has 0 aliphatic carbocycles. The number of hydrogen-bond donors (Lipinski definition) is 0. The Hall–Kier alpha value is -2.39. The van der Waals surface area contributed by atoms with E-state index in [0.717, 1.165) is 0 Å². The van der Waals surface area contributed by atoms with Crippen molar-refractivity contribution >= 4 is 43.4 Å². The van der Waals surface area contributed by atoms with Gasteiger partial charge in [-0.1, -0.05) is 42.5 Å². The van der Waals surface area contributed by atoms with Crippen LogP contribution in [0.1, 0.15) is 0 Å². The highest BCUT2D eigenvalue weighted by molar-refractivity contribution is 7.17. The van der Waals surface area contributed by atoms with Crippen molar-refractivity contribution < 1.29 is 4.52 Å². The van der Waals surface area contributed by atoms with Gasteiger partial charge in [-0.3, -0.25) is 0 Å². The van der Waals surface area contributed by atoms with Crippen molar-refractivity contribution in [1.29, 1.82) is 0 Å². The lowest BCUT2D eigenvalue weighted by Crippen LogP contribution is -2.29. The minimum atomic E-state index is 1.19. The zero-order valence-corrected chi connectivity index (χ0v) is 11.4. The Bertz CT molecular complexity index is 1070. The smallest absolute Gasteiger partial charge is 0.166 e. The van der Waals surface area contributed by atoms with Crippen LogP contribution < -0.4 is 4.52 Å². The van der Waals surface area contributed by atoms with Crippen molar-refractivity contribution in [2.45, 2.75) is 0 Å². The van der Waals surface area contributed by atoms with Crippen LogP contribution >= 0.6 is 11.3 Å². The van der Waals surface area contributed by atoms with Gasteiger partial charge in [0.15, 0.2) is 6.20 Å². The number of nitrogens with zero attached hydrogens (tertiary/aromatic N) is 2. The standard InChI is InChI=1S/C17H10N2S/c1-3-7-14-12(5-1)13-6-2-4-8-15(13)19-16-9-10-20-17(16)11-18(14)19/h1-10H. The second-order valence-corrected chi connectivity index (χ2v) is 5.82. The van der Waals surface area contributed by atoms with Gasteiger partial charge in [0.25, 0.3) is 0 Å². The molecule has 3 heteroatoms. The molecule has 0 spiro atoms. The van der Waals surface area contributed by atoms with Gasteiger partial charge in [0, 0.05) is 21.0 Å². The molecule has 0 fully saturated rings. The first-order valence-corrected chi connectivity index (χ1v) is 7.44. The van der Waals surface area contributed by atoms with E-state index in [-0.39, 0.29) is 0 Å². The van der Waals surface area contributed by atoms with E-state index in [9.17, 15) is 0 Å². The Labute approximate surface area is 119 Å². The third-order valence-corrected chi connectivity index (χ3v) is 4.64. The fraction of sp³-hybridized carbons (Fsp3) is 0. The summed E-state index contributed by atoms with van der Waals surface area (Å²) in [5.74, 6) is 0. The fourth-order valence-electron chi connectivity index (χ4n) is 2.98. The molecule has 0 unspecified atom stereocenters. The fourth-order valence-corrected chi connectivity index (χ4v) is 3.73. The molecule has 0 saturated heterocycles. The molecule has 5 aromatic rings. The molecular weight excluding hydrogens is 264 g/mol. The van der Waals surface area contributed by atoms with Gasteiger partial charge in [0.05, 0.1) is 5.52 Å². The molecular formula is C17H10N2S. The summed E-state index contributed by atoms with van der Waals surface area (Å²) >= 11 is 1.73. The van der Waals surface area contributed by atoms with Crippen LogP contribution in [0.5, 0.6) is 0 Å². The first kappa shape index (κ1) is 10.4. The van der Waals surface area contributed by atoms with E-state index < -0.39 is 0 Å². The zero-order chi connectivity index (χ0) is 13.1. The number of benzene rings is 2. The van der Waals surface area contributed by atoms with Crippen LogP contribution in [0.2, 0.25) is 0 Å². The molecule has 0 radical (unpaired) electrons. The second kappa shape index (κ2) is 3.58. The normalized spacial score (nSPS) is 12.0. The monoisotopic (exact) mass is 274 g/mol. The van der Waals surface area contributed by atoms with Gasteiger partial charge in [-0.25, -0.2) is 0 Å². The van der Waals surface area contributed by atoms with Gasteiger partial charge in [0.1, 0.15) is 5.52 Å². The molecule has 94 valence electrons. The number of rotatable bonds is 0. The predicted molar refractivity (Wildman–Crippen MR) is 82.3 cm³/mol. The summed E-state index contributed by atoms with van der Waals surface area (Å²) in [6.45, 7) is 0. The highest BCUT2D eigenvalue weighted by Crippen LogP contribution is 2.26. The van der Waals surface area contributed by atoms with E-state index in [0.29, 0.717) is 0 Å². The molecule has 5 rings (SSSR count). The van der Waals surface area contributed by atoms with Crippen LogP contribution in [-0.4, -0.2) is 4.52 Å². The van der Waals surface area contributed by atoms with Crippen LogP contribution in [0, 0.1) is 6.20 Å². The van der Waals surface area contributed by atoms with Crippen molar-refractivity contribution in [2.75, 3.05) is 0 Å². The van der Waals surface area contributed by atoms with Crippen LogP contribution in [0.15, 0.2) is 60.0 Å². The molecule has 0 amide bonds. The molecule has 0 aliphatic rings. The van der Waals surface area contributed by atoms with E-state index >= 15 is 0 Å². The predicted octanol–water partition coefficient (Wildman–Crippen LogP) is 3.85. The zero-order valence-electron chi connectivity index (χ0n) is 10.6. The first-order chi connectivity index (χ1) is 9.93. The second-order valence-electron chi connectivity index (χ2n) is 4.90. The average molecular weight is 274 g/mol. The van der Waals surface area contributed by atoms with Crippen molar-refractivity contribution in [1.82, 2.24) is 4.52 Å². The van der Waals surface area contributed by atoms with E-state index in [2.05, 4.69) is 75.2 Å². The van der Waals surface area contributed by atoms with Crippen LogP contribution in [0.25, 0.3) is 32.0 Å². The average Bonchev–Trinajstić information content (AvgIpc) is 3.08. The minimum Gasteiger partial charge on any atom is -0.187 e. The third-order valence-electron chi connectivity index (χ3n) is 3.83. The van der Waals surface area contributed by atoms with E-state index in [1.807, 2.05) is 0 Å². The number of thiophene rings is 1. The van der Waals surface area contributed by atoms with Crippen LogP contribution in [-0.2, 0) is 0 Å². The van der Waals surface area contributed by atoms with Gasteiger partial charge in [-0.05, 0) is 17.5 Å². The summed E-state index contributed by atoms with van der Waals surface area (Å²) in [7, 11) is 0. The summed E-state index contributed by atoms with van der Waals surface area (Å²) in [4.78, 5) is 0. The largest absolute Gasteiger partial charge is 0.187 e. The highest BCUT2D eigenvalue weighted by Gasteiger charge is 2.12. The Kier molecular flexibility index (Phi) is 1.86. The topological polar surface area (TPSA) is 8.51 Å². The Morgan fingerprint density at radius 2 is 1.65 bits per heavy atom. The molecule has 3 aromatic heterocycles. The van der Waals surface area contributed by atoms with Crippen molar-refractivity contribution in [3.8, 4) is 0 Å². The van der Waals surface area contributed by atoms with Gasteiger partial charge in [-0.15, -0.1) is 0 Å². The highest BCUT2D eigenvalue weighted by atomic mass is 32.1. The SMILES string of the molecule is [c-]1c2sccc2n2c3ccccc3c3ccccc3[n+]12. The molecule has 0 saturated carbocycles. The van der Waals surface area contributed by atoms with Gasteiger partial charge < -0.3 is 0 Å². The molecule has 0 aliphatic heterocycles. The molecule has 2 aromatic carbocycles. The number of para-hydroxylation sites is 2. The summed E-state index contributed by atoms with van der Waals surface area (Å²) < 4.78 is 5.58. The maximum absolute atomic E-state index is 3.49. The molecule has 0 bridgehead atoms. The van der Waals surface area contributed by atoms with Crippen molar-refractivity contribution in [3.63, 3.8) is 0 Å². The van der Waals surface area contributed by atoms with Crippen molar-refractivity contribution in [2.24, 2.45) is 0 Å². The van der Waals surface area contributed by atoms with E-state index in [1.165, 1.54) is 32.0 Å². The quantitative estimate of drug-likeness (QED) is 0.230. The van der Waals surface area contributed by atoms with Gasteiger partial charge in [-0.2, -0.15) is 20.4 Å². The Balaban J connectivity index is 2.27. The van der Waals surface area contributed by atoms with E-state index in [4.69, 9.17) is 0 Å². The number of fused-ring (bicyclic) bond motifs is 8. The molecule has 0 atom stereocenters. The van der Waals surface area contributed by atoms with Crippen LogP contribution in [0.3, 0.4) is 0 Å². The van der Waals surface area contributed by atoms with E-state index in [1.54, 1.807) is 11.3 Å². The first-order valence-electron chi connectivity index (χ1n) is 6.56.